The number of aromatic hydroxyl groups is 4. The number of phenolic OH excluding ortho intramolecular Hbond substituents is 4. The maximum atomic E-state index is 16.7. The fraction of sp³-hybridized carbons (Fsp3) is 0.417. The zero-order valence-electron chi connectivity index (χ0n) is 67.4. The van der Waals surface area contributed by atoms with E-state index in [1.807, 2.05) is 0 Å². The second-order valence-electron chi connectivity index (χ2n) is 31.4. The van der Waals surface area contributed by atoms with Crippen molar-refractivity contribution < 1.29 is 152 Å². The Bertz CT molecular complexity index is 5220. The van der Waals surface area contributed by atoms with Gasteiger partial charge in [0.1, 0.15) is 125 Å². The van der Waals surface area contributed by atoms with Gasteiger partial charge in [0.2, 0.25) is 53.8 Å². The number of nitrogens with two attached hydrogens (primary N) is 2. The number of aliphatic hydroxyl groups is 8. The summed E-state index contributed by atoms with van der Waals surface area (Å²) in [6.45, 7) is 3.47. The van der Waals surface area contributed by atoms with Gasteiger partial charge in [-0.05, 0) is 140 Å². The lowest BCUT2D eigenvalue weighted by Crippen LogP contribution is -2.62. The van der Waals surface area contributed by atoms with E-state index in [-0.39, 0.29) is 52.2 Å². The van der Waals surface area contributed by atoms with Crippen molar-refractivity contribution in [2.75, 3.05) is 20.8 Å². The summed E-state index contributed by atoms with van der Waals surface area (Å²) >= 11 is 14.0. The Morgan fingerprint density at radius 3 is 1.70 bits per heavy atom. The van der Waals surface area contributed by atoms with Crippen molar-refractivity contribution in [1.29, 1.82) is 0 Å². The number of aliphatic hydroxyl groups excluding tert-OH is 8. The van der Waals surface area contributed by atoms with Crippen LogP contribution in [0, 0.1) is 0 Å². The topological polar surface area (TPSA) is 620 Å². The largest absolute Gasteiger partial charge is 0.508 e. The van der Waals surface area contributed by atoms with Crippen molar-refractivity contribution in [2.24, 2.45) is 11.5 Å². The molecule has 42 heteroatoms. The molecule has 7 aromatic carbocycles. The summed E-state index contributed by atoms with van der Waals surface area (Å²) in [5, 5.41) is 165. The van der Waals surface area contributed by atoms with Crippen molar-refractivity contribution in [3.63, 3.8) is 0 Å². The number of amides is 6. The van der Waals surface area contributed by atoms with Gasteiger partial charge in [0.25, 0.3) is 0 Å². The highest BCUT2D eigenvalue weighted by Gasteiger charge is 2.52. The quantitative estimate of drug-likeness (QED) is 0.0640. The van der Waals surface area contributed by atoms with Crippen LogP contribution >= 0.6 is 23.2 Å². The van der Waals surface area contributed by atoms with E-state index in [2.05, 4.69) is 37.2 Å². The first kappa shape index (κ1) is 91.3. The number of nitrogens with one attached hydrogen (secondary N) is 7. The molecule has 40 nitrogen and oxygen atoms in total. The molecule has 24 N–H and O–H groups in total. The summed E-state index contributed by atoms with van der Waals surface area (Å²) in [6, 6.07) is 7.58. The first-order chi connectivity index (χ1) is 60.0. The van der Waals surface area contributed by atoms with Gasteiger partial charge in [-0.3, -0.25) is 28.8 Å². The van der Waals surface area contributed by atoms with E-state index in [4.69, 9.17) is 86.8 Å². The Labute approximate surface area is 726 Å². The van der Waals surface area contributed by atoms with Crippen molar-refractivity contribution in [2.45, 2.75) is 199 Å². The highest BCUT2D eigenvalue weighted by Crippen LogP contribution is 2.50. The van der Waals surface area contributed by atoms with Crippen LogP contribution in [0.25, 0.3) is 11.1 Å². The zero-order valence-corrected chi connectivity index (χ0v) is 68.9. The molecule has 0 spiro atoms. The number of likely N-dealkylation sites (N-methyl/N-ethyl adjacent to an activating group) is 1. The highest BCUT2D eigenvalue weighted by molar-refractivity contribution is 6.32. The van der Waals surface area contributed by atoms with Gasteiger partial charge in [0.05, 0.1) is 47.2 Å². The predicted octanol–water partition coefficient (Wildman–Crippen LogP) is 0.953. The lowest BCUT2D eigenvalue weighted by atomic mass is 9.89. The summed E-state index contributed by atoms with van der Waals surface area (Å²) in [5.41, 5.74) is 10.0. The number of aliphatic carboxylic acids is 1. The third kappa shape index (κ3) is 18.9. The van der Waals surface area contributed by atoms with Gasteiger partial charge in [-0.25, -0.2) is 4.79 Å². The summed E-state index contributed by atoms with van der Waals surface area (Å²) in [4.78, 5) is 110. The van der Waals surface area contributed by atoms with Crippen LogP contribution < -0.4 is 67.6 Å². The number of carbonyl (C=O) groups is 7. The Morgan fingerprint density at radius 2 is 1.10 bits per heavy atom. The number of methoxy groups -OCH3 is 1. The number of rotatable bonds is 16. The zero-order chi connectivity index (χ0) is 90.5. The number of fused-ring (bicyclic) bond motifs is 15. The number of halogens is 2. The molecule has 126 heavy (non-hydrogen) atoms. The first-order valence-electron chi connectivity index (χ1n) is 39.8. The number of hydrogen-bond acceptors (Lipinski definition) is 33. The van der Waals surface area contributed by atoms with Crippen LogP contribution in [0.3, 0.4) is 0 Å². The SMILES string of the molecule is CNC(C(=O)NC1C(=O)NC(c2ccc(O)c(Cl)c2)C(=O)NC2C(=O)NC3C(=O)NC(C(=O)NC(C(=O)O)c4cc(O)cc(O)c4-c4cc3ccc4O)C(O[C@H]3C[C@@H](N)[C@@H](O)[C@H](C)O3)c3ccc(c(Cl)c3)Oc3cc2cc(c3O[C@H]2O[C@@H](CO)[C@H](O)[C@@H](O)[C@@H]2O[C@H]2C[C@@H](N)[C@@H](O)[C@H](C)O2)Oc2ccc(cc2)C1O)c1ccc(O[C@@H]2O[C@H](C)[C@@H](O)[C@H](O)[C@@H]2OC)cc1. The van der Waals surface area contributed by atoms with Crippen molar-refractivity contribution >= 4 is 64.6 Å². The molecule has 9 aliphatic heterocycles. The van der Waals surface area contributed by atoms with Crippen LogP contribution in [-0.2, 0) is 66.7 Å². The molecule has 11 bridgehead atoms. The first-order valence-corrected chi connectivity index (χ1v) is 40.6. The maximum Gasteiger partial charge on any atom is 0.330 e. The molecule has 7 aromatic rings. The smallest absolute Gasteiger partial charge is 0.330 e. The van der Waals surface area contributed by atoms with Crippen LogP contribution in [0.5, 0.6) is 57.5 Å². The van der Waals surface area contributed by atoms with Crippen molar-refractivity contribution in [3.05, 3.63) is 176 Å². The number of hydrogen-bond donors (Lipinski definition) is 22. The van der Waals surface area contributed by atoms with Crippen molar-refractivity contribution in [1.82, 2.24) is 37.2 Å². The molecule has 9 aliphatic rings. The molecule has 16 rings (SSSR count). The van der Waals surface area contributed by atoms with E-state index in [1.54, 1.807) is 0 Å². The summed E-state index contributed by atoms with van der Waals surface area (Å²) in [5.74, 6) is -15.0. The number of benzene rings is 7. The molecule has 4 fully saturated rings. The molecule has 0 aliphatic carbocycles. The number of carboxylic acid groups (broad SMARTS) is 1. The fourth-order valence-corrected chi connectivity index (χ4v) is 16.4. The number of ether oxygens (including phenoxy) is 11. The lowest BCUT2D eigenvalue weighted by molar-refractivity contribution is -0.330. The van der Waals surface area contributed by atoms with E-state index in [0.29, 0.717) is 0 Å². The molecule has 4 saturated heterocycles. The third-order valence-electron chi connectivity index (χ3n) is 22.9. The van der Waals surface area contributed by atoms with Gasteiger partial charge in [0.15, 0.2) is 36.2 Å². The van der Waals surface area contributed by atoms with E-state index >= 15 is 28.8 Å². The van der Waals surface area contributed by atoms with E-state index in [1.165, 1.54) is 102 Å². The number of phenols is 4. The monoisotopic (exact) mass is 1790 g/mol. The molecule has 9 heterocycles. The van der Waals surface area contributed by atoms with Crippen LogP contribution in [0.4, 0.5) is 0 Å². The molecule has 0 aromatic heterocycles. The van der Waals surface area contributed by atoms with E-state index in [0.717, 1.165) is 60.7 Å². The molecule has 9 unspecified atom stereocenters. The van der Waals surface area contributed by atoms with Gasteiger partial charge < -0.3 is 167 Å². The molecular weight excluding hydrogens is 1700 g/mol. The number of carboxylic acids is 1. The Hall–Kier alpha value is -10.9. The second kappa shape index (κ2) is 37.9. The van der Waals surface area contributed by atoms with Crippen LogP contribution in [-0.4, -0.2) is 251 Å². The Morgan fingerprint density at radius 1 is 0.540 bits per heavy atom. The number of carbonyl (C=O) groups excluding carboxylic acids is 6. The summed E-state index contributed by atoms with van der Waals surface area (Å²) in [7, 11) is 2.68. The minimum Gasteiger partial charge on any atom is -0.508 e. The molecule has 0 saturated carbocycles. The molecule has 674 valence electrons. The van der Waals surface area contributed by atoms with Gasteiger partial charge in [-0.15, -0.1) is 0 Å². The second-order valence-corrected chi connectivity index (χ2v) is 32.2. The maximum absolute atomic E-state index is 16.7. The average Bonchev–Trinajstić information content (AvgIpc) is 0.762. The van der Waals surface area contributed by atoms with E-state index < -0.39 is 291 Å². The molecular formula is C84H93Cl2N9O31. The van der Waals surface area contributed by atoms with Gasteiger partial charge >= 0.3 is 5.97 Å². The van der Waals surface area contributed by atoms with Crippen LogP contribution in [0.15, 0.2) is 127 Å². The summed E-state index contributed by atoms with van der Waals surface area (Å²) < 4.78 is 69.1. The predicted molar refractivity (Wildman–Crippen MR) is 433 cm³/mol. The lowest BCUT2D eigenvalue weighted by Gasteiger charge is -2.44. The summed E-state index contributed by atoms with van der Waals surface area (Å²) in [6.07, 6.45) is -27.7. The van der Waals surface area contributed by atoms with Crippen LogP contribution in [0.2, 0.25) is 10.0 Å². The van der Waals surface area contributed by atoms with Gasteiger partial charge in [0, 0.05) is 54.8 Å². The third-order valence-corrected chi connectivity index (χ3v) is 23.5. The normalized spacial score (nSPS) is 32.1. The average molecular weight is 1800 g/mol. The minimum absolute atomic E-state index is 0.122. The molecule has 0 radical (unpaired) electrons. The minimum atomic E-state index is -2.39. The fourth-order valence-electron chi connectivity index (χ4n) is 16.0. The van der Waals surface area contributed by atoms with Gasteiger partial charge in [-0.2, -0.15) is 0 Å². The van der Waals surface area contributed by atoms with Crippen LogP contribution in [0.1, 0.15) is 115 Å². The van der Waals surface area contributed by atoms with Crippen molar-refractivity contribution in [3.8, 4) is 68.6 Å². The molecule has 27 atom stereocenters. The van der Waals surface area contributed by atoms with E-state index in [9.17, 15) is 71.2 Å². The molecule has 6 amide bonds. The standard InChI is InChI=1S/C84H93Cl2N9O31/c1-30-65(101)46(87)27-55(117-30)124-72-37-12-19-51(45(86)22-37)122-53-24-38-23-52(73(53)126-84-75(71(107)69(105)54(29-96)123-84)125-56-28-47(88)66(102)31(2)118-56)120-40-15-8-34(9-16-40)68(104)63(94-76(108)58(89-4)33-6-13-41(14-7-33)121-83-74(116-5)70(106)67(103)32(3)119-83)80(112)91-60(36-11-18-49(99)44(85)21-36)77(109)92-61(38)79(111)90-59-35-10-17-48(98)42(20-35)57-43(25-39(97)26-50(57)100)62(82(114)115)93-81(113)64(72)95-78(59)110/h6-26,30-32,46-47,54-56,58-72,74-75,83-84,89,96-107H,27-29,87-88H2,1-5H3,(H,90,111)(H,91,112)(H,92,109)(H,93,113)(H,94,108)(H,95,110)(H,114,115)/t30-,31-,32+,46+,47+,54-,55-,56-,58?,59?,60?,61?,62?,63?,64?,65-,66-,67+,68?,69-,70-,71+,72?,74-,75-,83-,84+/m0/s1. The highest BCUT2D eigenvalue weighted by atomic mass is 35.5. The van der Waals surface area contributed by atoms with Gasteiger partial charge in [-0.1, -0.05) is 65.7 Å². The Balaban J connectivity index is 0.965. The Kier molecular flexibility index (Phi) is 27.5.